The monoisotopic (exact) mass is 346 g/mol. The van der Waals surface area contributed by atoms with E-state index in [1.165, 1.54) is 17.0 Å². The van der Waals surface area contributed by atoms with Gasteiger partial charge < -0.3 is 9.64 Å². The van der Waals surface area contributed by atoms with Crippen LogP contribution < -0.4 is 14.4 Å². The summed E-state index contributed by atoms with van der Waals surface area (Å²) in [5, 5.41) is 0. The van der Waals surface area contributed by atoms with Gasteiger partial charge in [0.25, 0.3) is 15.9 Å². The zero-order valence-corrected chi connectivity index (χ0v) is 14.5. The Bertz CT molecular complexity index is 922. The highest BCUT2D eigenvalue weighted by atomic mass is 32.2. The van der Waals surface area contributed by atoms with E-state index in [2.05, 4.69) is 4.72 Å². The van der Waals surface area contributed by atoms with E-state index in [4.69, 9.17) is 4.74 Å². The third-order valence-corrected chi connectivity index (χ3v) is 5.32. The van der Waals surface area contributed by atoms with Crippen molar-refractivity contribution in [3.05, 3.63) is 47.5 Å². The molecule has 7 heteroatoms. The highest BCUT2D eigenvalue weighted by molar-refractivity contribution is 7.92. The lowest BCUT2D eigenvalue weighted by Crippen LogP contribution is -2.35. The summed E-state index contributed by atoms with van der Waals surface area (Å²) < 4.78 is 33.2. The number of carbonyl (C=O) groups excluding carboxylic acids is 1. The zero-order valence-electron chi connectivity index (χ0n) is 13.7. The summed E-state index contributed by atoms with van der Waals surface area (Å²) >= 11 is 0. The summed E-state index contributed by atoms with van der Waals surface area (Å²) in [6, 6.07) is 9.96. The highest BCUT2D eigenvalue weighted by Crippen LogP contribution is 2.33. The van der Waals surface area contributed by atoms with Gasteiger partial charge in [-0.1, -0.05) is 17.7 Å². The van der Waals surface area contributed by atoms with Gasteiger partial charge in [-0.2, -0.15) is 0 Å². The van der Waals surface area contributed by atoms with Crippen LogP contribution in [0.3, 0.4) is 0 Å². The number of ether oxygens (including phenoxy) is 1. The minimum absolute atomic E-state index is 0.0452. The number of aryl methyl sites for hydroxylation is 2. The van der Waals surface area contributed by atoms with Crippen LogP contribution in [0.15, 0.2) is 41.3 Å². The van der Waals surface area contributed by atoms with E-state index in [1.54, 1.807) is 19.2 Å². The van der Waals surface area contributed by atoms with Crippen LogP contribution in [0.2, 0.25) is 0 Å². The third kappa shape index (κ3) is 2.94. The van der Waals surface area contributed by atoms with E-state index in [0.29, 0.717) is 17.1 Å². The topological polar surface area (TPSA) is 75.7 Å². The fourth-order valence-electron chi connectivity index (χ4n) is 2.55. The second kappa shape index (κ2) is 5.83. The van der Waals surface area contributed by atoms with Gasteiger partial charge in [-0.25, -0.2) is 8.42 Å². The molecule has 0 spiro atoms. The van der Waals surface area contributed by atoms with Gasteiger partial charge in [0.2, 0.25) is 0 Å². The maximum atomic E-state index is 12.7. The number of rotatable bonds is 3. The predicted molar refractivity (Wildman–Crippen MR) is 92.1 cm³/mol. The summed E-state index contributed by atoms with van der Waals surface area (Å²) in [6.07, 6.45) is 0. The van der Waals surface area contributed by atoms with Gasteiger partial charge in [0.15, 0.2) is 6.61 Å². The summed E-state index contributed by atoms with van der Waals surface area (Å²) in [6.45, 7) is 3.75. The number of amides is 1. The Hall–Kier alpha value is -2.54. The van der Waals surface area contributed by atoms with E-state index in [1.807, 2.05) is 26.0 Å². The van der Waals surface area contributed by atoms with Crippen molar-refractivity contribution in [3.63, 3.8) is 0 Å². The Morgan fingerprint density at radius 3 is 2.58 bits per heavy atom. The van der Waals surface area contributed by atoms with Crippen molar-refractivity contribution in [3.8, 4) is 5.75 Å². The summed E-state index contributed by atoms with van der Waals surface area (Å²) in [5.41, 5.74) is 2.86. The largest absolute Gasteiger partial charge is 0.482 e. The first-order valence-corrected chi connectivity index (χ1v) is 8.90. The number of carbonyl (C=O) groups is 1. The van der Waals surface area contributed by atoms with Crippen molar-refractivity contribution in [1.82, 2.24) is 0 Å². The molecular formula is C17H18N2O4S. The Kier molecular flexibility index (Phi) is 3.96. The Labute approximate surface area is 141 Å². The van der Waals surface area contributed by atoms with Gasteiger partial charge in [0.1, 0.15) is 5.75 Å². The molecule has 2 aromatic rings. The Balaban J connectivity index is 1.97. The minimum atomic E-state index is -3.77. The fourth-order valence-corrected chi connectivity index (χ4v) is 3.70. The molecule has 1 heterocycles. The Morgan fingerprint density at radius 2 is 1.88 bits per heavy atom. The van der Waals surface area contributed by atoms with Crippen molar-refractivity contribution in [2.75, 3.05) is 23.3 Å². The minimum Gasteiger partial charge on any atom is -0.482 e. The van der Waals surface area contributed by atoms with E-state index in [0.717, 1.165) is 11.1 Å². The van der Waals surface area contributed by atoms with Crippen LogP contribution in [0.5, 0.6) is 5.75 Å². The number of likely N-dealkylation sites (N-methyl/N-ethyl adjacent to an activating group) is 1. The van der Waals surface area contributed by atoms with Gasteiger partial charge >= 0.3 is 0 Å². The molecule has 0 bridgehead atoms. The molecule has 0 unspecified atom stereocenters. The first-order valence-electron chi connectivity index (χ1n) is 7.41. The number of nitrogens with one attached hydrogen (secondary N) is 1. The lowest BCUT2D eigenvalue weighted by Gasteiger charge is -2.26. The third-order valence-electron chi connectivity index (χ3n) is 3.95. The summed E-state index contributed by atoms with van der Waals surface area (Å²) in [4.78, 5) is 13.2. The van der Waals surface area contributed by atoms with Crippen molar-refractivity contribution in [1.29, 1.82) is 0 Å². The molecule has 0 aromatic heterocycles. The number of hydrogen-bond donors (Lipinski definition) is 1. The second-order valence-corrected chi connectivity index (χ2v) is 7.48. The normalized spacial score (nSPS) is 14.1. The molecule has 0 radical (unpaired) electrons. The number of nitrogens with zero attached hydrogens (tertiary/aromatic N) is 1. The highest BCUT2D eigenvalue weighted by Gasteiger charge is 2.25. The molecule has 1 N–H and O–H groups in total. The van der Waals surface area contributed by atoms with Crippen molar-refractivity contribution >= 4 is 27.3 Å². The van der Waals surface area contributed by atoms with Crippen molar-refractivity contribution in [2.24, 2.45) is 0 Å². The number of anilines is 2. The summed E-state index contributed by atoms with van der Waals surface area (Å²) in [7, 11) is -2.17. The van der Waals surface area contributed by atoms with Crippen LogP contribution in [-0.4, -0.2) is 28.0 Å². The van der Waals surface area contributed by atoms with Crippen LogP contribution >= 0.6 is 0 Å². The smallest absolute Gasteiger partial charge is 0.264 e. The molecule has 0 saturated heterocycles. The van der Waals surface area contributed by atoms with Gasteiger partial charge in [-0.3, -0.25) is 9.52 Å². The molecule has 1 amide bonds. The van der Waals surface area contributed by atoms with Crippen molar-refractivity contribution in [2.45, 2.75) is 18.7 Å². The van der Waals surface area contributed by atoms with Gasteiger partial charge in [0, 0.05) is 7.05 Å². The van der Waals surface area contributed by atoms with E-state index < -0.39 is 10.0 Å². The Morgan fingerprint density at radius 1 is 1.12 bits per heavy atom. The molecule has 2 aromatic carbocycles. The predicted octanol–water partition coefficient (Wildman–Crippen LogP) is 2.46. The number of hydrogen-bond acceptors (Lipinski definition) is 4. The van der Waals surface area contributed by atoms with Crippen LogP contribution in [-0.2, 0) is 14.8 Å². The maximum Gasteiger partial charge on any atom is 0.264 e. The fraction of sp³-hybridized carbons (Fsp3) is 0.235. The van der Waals surface area contributed by atoms with Crippen LogP contribution in [0.25, 0.3) is 0 Å². The van der Waals surface area contributed by atoms with Crippen molar-refractivity contribution < 1.29 is 17.9 Å². The van der Waals surface area contributed by atoms with Gasteiger partial charge in [-0.15, -0.1) is 0 Å². The average molecular weight is 346 g/mol. The molecule has 1 aliphatic heterocycles. The van der Waals surface area contributed by atoms with E-state index in [-0.39, 0.29) is 17.4 Å². The van der Waals surface area contributed by atoms with Crippen LogP contribution in [0.4, 0.5) is 11.4 Å². The standard InChI is InChI=1S/C17H18N2O4S/c1-11-4-6-14(12(2)8-11)18-24(21,22)13-5-7-16-15(9-13)19(3)17(20)10-23-16/h4-9,18H,10H2,1-3H3. The number of sulfonamides is 1. The molecule has 3 rings (SSSR count). The van der Waals surface area contributed by atoms with Gasteiger partial charge in [-0.05, 0) is 43.7 Å². The average Bonchev–Trinajstić information content (AvgIpc) is 2.53. The first kappa shape index (κ1) is 16.3. The lowest BCUT2D eigenvalue weighted by molar-refractivity contribution is -0.120. The molecule has 1 aliphatic rings. The molecule has 24 heavy (non-hydrogen) atoms. The van der Waals surface area contributed by atoms with Gasteiger partial charge in [0.05, 0.1) is 16.3 Å². The molecule has 6 nitrogen and oxygen atoms in total. The molecule has 0 atom stereocenters. The molecular weight excluding hydrogens is 328 g/mol. The number of fused-ring (bicyclic) bond motifs is 1. The van der Waals surface area contributed by atoms with E-state index in [9.17, 15) is 13.2 Å². The quantitative estimate of drug-likeness (QED) is 0.926. The maximum absolute atomic E-state index is 12.7. The molecule has 0 fully saturated rings. The number of benzene rings is 2. The lowest BCUT2D eigenvalue weighted by atomic mass is 10.1. The van der Waals surface area contributed by atoms with Crippen LogP contribution in [0, 0.1) is 13.8 Å². The first-order chi connectivity index (χ1) is 11.3. The molecule has 0 saturated carbocycles. The second-order valence-electron chi connectivity index (χ2n) is 5.79. The summed E-state index contributed by atoms with van der Waals surface area (Å²) in [5.74, 6) is 0.266. The van der Waals surface area contributed by atoms with E-state index >= 15 is 0 Å². The SMILES string of the molecule is Cc1ccc(NS(=O)(=O)c2ccc3c(c2)N(C)C(=O)CO3)c(C)c1. The molecule has 126 valence electrons. The zero-order chi connectivity index (χ0) is 17.5. The molecule has 0 aliphatic carbocycles. The van der Waals surface area contributed by atoms with Crippen LogP contribution in [0.1, 0.15) is 11.1 Å².